The van der Waals surface area contributed by atoms with E-state index in [1.807, 2.05) is 48.7 Å². The lowest BCUT2D eigenvalue weighted by Gasteiger charge is -2.13. The maximum absolute atomic E-state index is 12.6. The molecule has 2 heterocycles. The lowest BCUT2D eigenvalue weighted by Crippen LogP contribution is -2.19. The van der Waals surface area contributed by atoms with Gasteiger partial charge in [0.25, 0.3) is 0 Å². The Balaban J connectivity index is 1.81. The summed E-state index contributed by atoms with van der Waals surface area (Å²) in [6.07, 6.45) is 0. The molecule has 1 amide bonds. The Hall–Kier alpha value is -3.51. The number of amides is 1. The molecule has 2 aromatic heterocycles. The zero-order chi connectivity index (χ0) is 21.0. The van der Waals surface area contributed by atoms with Gasteiger partial charge in [-0.1, -0.05) is 42.1 Å². The molecule has 0 bridgehead atoms. The van der Waals surface area contributed by atoms with Gasteiger partial charge in [0.2, 0.25) is 5.91 Å². The molecular weight excluding hydrogens is 386 g/mol. The van der Waals surface area contributed by atoms with Gasteiger partial charge in [-0.25, -0.2) is 9.97 Å². The molecule has 0 saturated heterocycles. The summed E-state index contributed by atoms with van der Waals surface area (Å²) in [7, 11) is 0. The summed E-state index contributed by atoms with van der Waals surface area (Å²) < 4.78 is 1.95. The first kappa shape index (κ1) is 20.2. The van der Waals surface area contributed by atoms with Crippen molar-refractivity contribution in [2.24, 2.45) is 0 Å². The van der Waals surface area contributed by atoms with Crippen LogP contribution in [-0.4, -0.2) is 26.2 Å². The van der Waals surface area contributed by atoms with Crippen molar-refractivity contribution in [1.82, 2.24) is 14.5 Å². The Morgan fingerprint density at radius 3 is 2.48 bits per heavy atom. The maximum atomic E-state index is 12.6. The van der Waals surface area contributed by atoms with Crippen LogP contribution in [-0.2, 0) is 11.3 Å². The van der Waals surface area contributed by atoms with Crippen molar-refractivity contribution in [1.29, 1.82) is 5.26 Å². The second kappa shape index (κ2) is 8.67. The molecule has 0 aliphatic heterocycles. The zero-order valence-corrected chi connectivity index (χ0v) is 17.0. The van der Waals surface area contributed by atoms with Crippen molar-refractivity contribution >= 4 is 35.1 Å². The zero-order valence-electron chi connectivity index (χ0n) is 16.1. The molecular formula is C20H21N7OS. The minimum atomic E-state index is -0.275. The molecule has 0 unspecified atom stereocenters. The van der Waals surface area contributed by atoms with Crippen molar-refractivity contribution in [3.8, 4) is 6.07 Å². The Morgan fingerprint density at radius 1 is 1.21 bits per heavy atom. The number of nitrogens with two attached hydrogens (primary N) is 2. The van der Waals surface area contributed by atoms with E-state index in [1.165, 1.54) is 6.07 Å². The fourth-order valence-electron chi connectivity index (χ4n) is 2.92. The molecule has 0 aliphatic rings. The lowest BCUT2D eigenvalue weighted by atomic mass is 10.2. The SMILES string of the molecule is Cc1c(C#N)c(NC(=O)CSc2nc(N)cc(N)n2)n(Cc2ccccc2)c1C. The fraction of sp³-hybridized carbons (Fsp3) is 0.200. The molecule has 1 aromatic carbocycles. The average molecular weight is 408 g/mol. The van der Waals surface area contributed by atoms with Gasteiger partial charge in [0, 0.05) is 18.3 Å². The number of carbonyl (C=O) groups excluding carboxylic acids is 1. The number of benzene rings is 1. The van der Waals surface area contributed by atoms with E-state index in [2.05, 4.69) is 21.4 Å². The number of hydrogen-bond donors (Lipinski definition) is 3. The van der Waals surface area contributed by atoms with E-state index in [0.717, 1.165) is 28.6 Å². The predicted molar refractivity (Wildman–Crippen MR) is 114 cm³/mol. The summed E-state index contributed by atoms with van der Waals surface area (Å²) in [5, 5.41) is 12.8. The van der Waals surface area contributed by atoms with Gasteiger partial charge in [-0.2, -0.15) is 5.26 Å². The van der Waals surface area contributed by atoms with Gasteiger partial charge in [0.15, 0.2) is 5.16 Å². The van der Waals surface area contributed by atoms with E-state index >= 15 is 0 Å². The molecule has 0 radical (unpaired) electrons. The maximum Gasteiger partial charge on any atom is 0.235 e. The highest BCUT2D eigenvalue weighted by molar-refractivity contribution is 7.99. The monoisotopic (exact) mass is 407 g/mol. The molecule has 0 atom stereocenters. The normalized spacial score (nSPS) is 10.5. The van der Waals surface area contributed by atoms with E-state index in [1.54, 1.807) is 0 Å². The molecule has 3 aromatic rings. The fourth-order valence-corrected chi connectivity index (χ4v) is 3.59. The van der Waals surface area contributed by atoms with E-state index in [4.69, 9.17) is 11.5 Å². The summed E-state index contributed by atoms with van der Waals surface area (Å²) in [6, 6.07) is 13.5. The van der Waals surface area contributed by atoms with E-state index in [9.17, 15) is 10.1 Å². The highest BCUT2D eigenvalue weighted by atomic mass is 32.2. The van der Waals surface area contributed by atoms with Crippen LogP contribution in [0.15, 0.2) is 41.6 Å². The van der Waals surface area contributed by atoms with Crippen LogP contribution in [0.5, 0.6) is 0 Å². The van der Waals surface area contributed by atoms with Crippen molar-refractivity contribution in [3.05, 3.63) is 58.8 Å². The van der Waals surface area contributed by atoms with Crippen LogP contribution in [0.3, 0.4) is 0 Å². The summed E-state index contributed by atoms with van der Waals surface area (Å²) in [5.41, 5.74) is 14.6. The molecule has 0 spiro atoms. The van der Waals surface area contributed by atoms with Crippen LogP contribution in [0.25, 0.3) is 0 Å². The van der Waals surface area contributed by atoms with E-state index < -0.39 is 0 Å². The summed E-state index contributed by atoms with van der Waals surface area (Å²) in [6.45, 7) is 4.36. The molecule has 5 N–H and O–H groups in total. The molecule has 29 heavy (non-hydrogen) atoms. The lowest BCUT2D eigenvalue weighted by molar-refractivity contribution is -0.113. The smallest absolute Gasteiger partial charge is 0.235 e. The first-order chi connectivity index (χ1) is 13.9. The third-order valence-corrected chi connectivity index (χ3v) is 5.31. The molecule has 9 heteroatoms. The predicted octanol–water partition coefficient (Wildman–Crippen LogP) is 2.71. The number of nitrogens with zero attached hydrogens (tertiary/aromatic N) is 4. The van der Waals surface area contributed by atoms with Crippen LogP contribution in [0.4, 0.5) is 17.5 Å². The molecule has 0 saturated carbocycles. The Kier molecular flexibility index (Phi) is 6.04. The topological polar surface area (TPSA) is 136 Å². The molecule has 8 nitrogen and oxygen atoms in total. The minimum absolute atomic E-state index is 0.0579. The van der Waals surface area contributed by atoms with Gasteiger partial charge in [-0.05, 0) is 25.0 Å². The van der Waals surface area contributed by atoms with Gasteiger partial charge in [0.05, 0.1) is 11.3 Å². The number of thioether (sulfide) groups is 1. The number of nitrogen functional groups attached to an aromatic ring is 2. The largest absolute Gasteiger partial charge is 0.383 e. The Morgan fingerprint density at radius 2 is 1.86 bits per heavy atom. The third-order valence-electron chi connectivity index (χ3n) is 4.46. The second-order valence-electron chi connectivity index (χ2n) is 6.45. The highest BCUT2D eigenvalue weighted by Crippen LogP contribution is 2.28. The summed E-state index contributed by atoms with van der Waals surface area (Å²) in [5.74, 6) is 0.765. The number of anilines is 3. The number of rotatable bonds is 6. The third kappa shape index (κ3) is 4.67. The van der Waals surface area contributed by atoms with Crippen molar-refractivity contribution in [2.45, 2.75) is 25.5 Å². The van der Waals surface area contributed by atoms with Crippen LogP contribution >= 0.6 is 11.8 Å². The summed E-state index contributed by atoms with van der Waals surface area (Å²) in [4.78, 5) is 20.7. The first-order valence-corrected chi connectivity index (χ1v) is 9.84. The highest BCUT2D eigenvalue weighted by Gasteiger charge is 2.20. The van der Waals surface area contributed by atoms with Crippen LogP contribution in [0.2, 0.25) is 0 Å². The number of aromatic nitrogens is 3. The summed E-state index contributed by atoms with van der Waals surface area (Å²) >= 11 is 1.12. The second-order valence-corrected chi connectivity index (χ2v) is 7.40. The van der Waals surface area contributed by atoms with Gasteiger partial charge >= 0.3 is 0 Å². The van der Waals surface area contributed by atoms with Crippen molar-refractivity contribution in [2.75, 3.05) is 22.5 Å². The quantitative estimate of drug-likeness (QED) is 0.422. The standard InChI is InChI=1S/C20H21N7OS/c1-12-13(2)27(10-14-6-4-3-5-7-14)19(15(12)9-21)26-18(28)11-29-20-24-16(22)8-17(23)25-20/h3-8H,10-11H2,1-2H3,(H,26,28)(H4,22,23,24,25). The Bertz CT molecular complexity index is 1070. The molecule has 3 rings (SSSR count). The first-order valence-electron chi connectivity index (χ1n) is 8.85. The average Bonchev–Trinajstić information content (AvgIpc) is 2.90. The van der Waals surface area contributed by atoms with Crippen LogP contribution < -0.4 is 16.8 Å². The van der Waals surface area contributed by atoms with Crippen molar-refractivity contribution < 1.29 is 4.79 Å². The van der Waals surface area contributed by atoms with Gasteiger partial charge < -0.3 is 21.4 Å². The van der Waals surface area contributed by atoms with Crippen LogP contribution in [0.1, 0.15) is 22.4 Å². The van der Waals surface area contributed by atoms with Crippen molar-refractivity contribution in [3.63, 3.8) is 0 Å². The Labute approximate surface area is 173 Å². The van der Waals surface area contributed by atoms with Gasteiger partial charge in [-0.15, -0.1) is 0 Å². The van der Waals surface area contributed by atoms with E-state index in [0.29, 0.717) is 23.1 Å². The van der Waals surface area contributed by atoms with Gasteiger partial charge in [0.1, 0.15) is 23.5 Å². The van der Waals surface area contributed by atoms with Gasteiger partial charge in [-0.3, -0.25) is 4.79 Å². The number of carbonyl (C=O) groups is 1. The van der Waals surface area contributed by atoms with E-state index in [-0.39, 0.29) is 23.3 Å². The van der Waals surface area contributed by atoms with Crippen LogP contribution in [0, 0.1) is 25.2 Å². The number of hydrogen-bond acceptors (Lipinski definition) is 7. The number of nitrogens with one attached hydrogen (secondary N) is 1. The molecule has 0 fully saturated rings. The molecule has 148 valence electrons. The minimum Gasteiger partial charge on any atom is -0.383 e. The molecule has 0 aliphatic carbocycles. The number of nitriles is 1.